The van der Waals surface area contributed by atoms with E-state index in [4.69, 9.17) is 0 Å². The fourth-order valence-electron chi connectivity index (χ4n) is 2.75. The first-order valence-corrected chi connectivity index (χ1v) is 9.01. The smallest absolute Gasteiger partial charge is 0.325 e. The topological polar surface area (TPSA) is 32.3 Å². The van der Waals surface area contributed by atoms with Gasteiger partial charge in [0, 0.05) is 12.2 Å². The summed E-state index contributed by atoms with van der Waals surface area (Å²) in [5.41, 5.74) is 2.03. The molecule has 1 N–H and O–H groups in total. The van der Waals surface area contributed by atoms with Gasteiger partial charge in [0.05, 0.1) is 12.1 Å². The third-order valence-electron chi connectivity index (χ3n) is 4.20. The normalized spacial score (nSPS) is 11.6. The van der Waals surface area contributed by atoms with Crippen molar-refractivity contribution in [1.29, 1.82) is 0 Å². The van der Waals surface area contributed by atoms with Gasteiger partial charge in [-0.3, -0.25) is 9.69 Å². The van der Waals surface area contributed by atoms with Gasteiger partial charge in [-0.2, -0.15) is 13.2 Å². The molecule has 0 radical (unpaired) electrons. The van der Waals surface area contributed by atoms with Crippen LogP contribution < -0.4 is 5.32 Å². The molecule has 2 aromatic rings. The number of hydrogen-bond acceptors (Lipinski definition) is 2. The molecule has 0 aromatic heterocycles. The molecule has 6 heteroatoms. The largest absolute Gasteiger partial charge is 0.416 e. The van der Waals surface area contributed by atoms with Crippen LogP contribution in [0.25, 0.3) is 0 Å². The standard InChI is InChI=1S/C21H25F3N2O/c1-3-4-5-16-8-12-19(13-9-16)25-20(27)15-26(2)14-17-6-10-18(11-7-17)21(22,23)24/h6-13H,3-5,14-15H2,1-2H3,(H,25,27). The average molecular weight is 378 g/mol. The Morgan fingerprint density at radius 3 is 2.15 bits per heavy atom. The van der Waals surface area contributed by atoms with E-state index in [0.717, 1.165) is 42.6 Å². The maximum Gasteiger partial charge on any atom is 0.416 e. The molecule has 0 saturated carbocycles. The first kappa shape index (κ1) is 21.0. The number of nitrogens with one attached hydrogen (secondary N) is 1. The summed E-state index contributed by atoms with van der Waals surface area (Å²) in [5, 5.41) is 2.84. The third kappa shape index (κ3) is 7.06. The van der Waals surface area contributed by atoms with E-state index >= 15 is 0 Å². The Morgan fingerprint density at radius 1 is 1.00 bits per heavy atom. The van der Waals surface area contributed by atoms with E-state index in [9.17, 15) is 18.0 Å². The van der Waals surface area contributed by atoms with E-state index in [2.05, 4.69) is 12.2 Å². The molecule has 0 atom stereocenters. The predicted molar refractivity (Wildman–Crippen MR) is 101 cm³/mol. The number of carbonyl (C=O) groups is 1. The molecule has 2 rings (SSSR count). The van der Waals surface area contributed by atoms with Gasteiger partial charge in [-0.15, -0.1) is 0 Å². The van der Waals surface area contributed by atoms with Crippen LogP contribution in [0.3, 0.4) is 0 Å². The Hall–Kier alpha value is -2.34. The lowest BCUT2D eigenvalue weighted by Gasteiger charge is -2.17. The monoisotopic (exact) mass is 378 g/mol. The van der Waals surface area contributed by atoms with Crippen molar-refractivity contribution in [3.63, 3.8) is 0 Å². The fourth-order valence-corrected chi connectivity index (χ4v) is 2.75. The molecule has 0 unspecified atom stereocenters. The average Bonchev–Trinajstić information content (AvgIpc) is 2.60. The second-order valence-electron chi connectivity index (χ2n) is 6.72. The molecular weight excluding hydrogens is 353 g/mol. The summed E-state index contributed by atoms with van der Waals surface area (Å²) in [5.74, 6) is -0.161. The molecule has 146 valence electrons. The van der Waals surface area contributed by atoms with Crippen molar-refractivity contribution in [2.45, 2.75) is 38.9 Å². The Labute approximate surface area is 158 Å². The van der Waals surface area contributed by atoms with Crippen molar-refractivity contribution >= 4 is 11.6 Å². The van der Waals surface area contributed by atoms with Crippen LogP contribution in [0.2, 0.25) is 0 Å². The van der Waals surface area contributed by atoms with Crippen LogP contribution in [0.4, 0.5) is 18.9 Å². The van der Waals surface area contributed by atoms with E-state index in [1.165, 1.54) is 17.7 Å². The van der Waals surface area contributed by atoms with Gasteiger partial charge in [-0.25, -0.2) is 0 Å². The van der Waals surface area contributed by atoms with Crippen molar-refractivity contribution in [2.24, 2.45) is 0 Å². The lowest BCUT2D eigenvalue weighted by Crippen LogP contribution is -2.29. The number of nitrogens with zero attached hydrogens (tertiary/aromatic N) is 1. The number of likely N-dealkylation sites (N-methyl/N-ethyl adjacent to an activating group) is 1. The second-order valence-corrected chi connectivity index (χ2v) is 6.72. The summed E-state index contributed by atoms with van der Waals surface area (Å²) in [4.78, 5) is 13.9. The van der Waals surface area contributed by atoms with E-state index in [0.29, 0.717) is 6.54 Å². The Kier molecular flexibility index (Phi) is 7.42. The molecule has 0 aliphatic carbocycles. The molecule has 27 heavy (non-hydrogen) atoms. The highest BCUT2D eigenvalue weighted by atomic mass is 19.4. The van der Waals surface area contributed by atoms with Crippen molar-refractivity contribution in [2.75, 3.05) is 18.9 Å². The molecule has 0 spiro atoms. The second kappa shape index (κ2) is 9.55. The summed E-state index contributed by atoms with van der Waals surface area (Å²) in [7, 11) is 1.76. The highest BCUT2D eigenvalue weighted by Gasteiger charge is 2.29. The predicted octanol–water partition coefficient (Wildman–Crippen LogP) is 5.12. The van der Waals surface area contributed by atoms with Crippen LogP contribution in [-0.2, 0) is 23.9 Å². The molecule has 0 heterocycles. The minimum Gasteiger partial charge on any atom is -0.325 e. The van der Waals surface area contributed by atoms with Crippen molar-refractivity contribution < 1.29 is 18.0 Å². The van der Waals surface area contributed by atoms with Crippen molar-refractivity contribution in [1.82, 2.24) is 4.90 Å². The number of aryl methyl sites for hydroxylation is 1. The Morgan fingerprint density at radius 2 is 1.59 bits per heavy atom. The summed E-state index contributed by atoms with van der Waals surface area (Å²) in [6.45, 7) is 2.69. The molecular formula is C21H25F3N2O. The van der Waals surface area contributed by atoms with Gasteiger partial charge in [-0.1, -0.05) is 37.6 Å². The number of hydrogen-bond donors (Lipinski definition) is 1. The number of amides is 1. The zero-order chi connectivity index (χ0) is 19.9. The molecule has 0 aliphatic rings. The van der Waals surface area contributed by atoms with Gasteiger partial charge in [0.1, 0.15) is 0 Å². The summed E-state index contributed by atoms with van der Waals surface area (Å²) in [6.07, 6.45) is -1.03. The van der Waals surface area contributed by atoms with Gasteiger partial charge in [0.2, 0.25) is 5.91 Å². The highest BCUT2D eigenvalue weighted by molar-refractivity contribution is 5.92. The van der Waals surface area contributed by atoms with Gasteiger partial charge in [0.25, 0.3) is 0 Å². The van der Waals surface area contributed by atoms with Crippen LogP contribution in [-0.4, -0.2) is 24.4 Å². The maximum atomic E-state index is 12.6. The number of carbonyl (C=O) groups excluding carboxylic acids is 1. The molecule has 0 bridgehead atoms. The van der Waals surface area contributed by atoms with Crippen LogP contribution in [0.15, 0.2) is 48.5 Å². The quantitative estimate of drug-likeness (QED) is 0.692. The lowest BCUT2D eigenvalue weighted by molar-refractivity contribution is -0.137. The van der Waals surface area contributed by atoms with Crippen LogP contribution >= 0.6 is 0 Å². The molecule has 3 nitrogen and oxygen atoms in total. The van der Waals surface area contributed by atoms with Crippen molar-refractivity contribution in [3.8, 4) is 0 Å². The SMILES string of the molecule is CCCCc1ccc(NC(=O)CN(C)Cc2ccc(C(F)(F)F)cc2)cc1. The third-order valence-corrected chi connectivity index (χ3v) is 4.20. The maximum absolute atomic E-state index is 12.6. The molecule has 0 saturated heterocycles. The van der Waals surface area contributed by atoms with Gasteiger partial charge >= 0.3 is 6.18 Å². The molecule has 1 amide bonds. The summed E-state index contributed by atoms with van der Waals surface area (Å²) >= 11 is 0. The van der Waals surface area contributed by atoms with Gasteiger partial charge < -0.3 is 5.32 Å². The zero-order valence-electron chi connectivity index (χ0n) is 15.6. The number of anilines is 1. The van der Waals surface area contributed by atoms with E-state index < -0.39 is 11.7 Å². The number of halogens is 3. The minimum atomic E-state index is -4.34. The van der Waals surface area contributed by atoms with E-state index in [1.54, 1.807) is 11.9 Å². The van der Waals surface area contributed by atoms with E-state index in [1.807, 2.05) is 24.3 Å². The van der Waals surface area contributed by atoms with Crippen LogP contribution in [0.1, 0.15) is 36.5 Å². The highest BCUT2D eigenvalue weighted by Crippen LogP contribution is 2.29. The summed E-state index contributed by atoms with van der Waals surface area (Å²) < 4.78 is 37.8. The van der Waals surface area contributed by atoms with Gasteiger partial charge in [-0.05, 0) is 55.3 Å². The van der Waals surface area contributed by atoms with Gasteiger partial charge in [0.15, 0.2) is 0 Å². The molecule has 2 aromatic carbocycles. The van der Waals surface area contributed by atoms with E-state index in [-0.39, 0.29) is 12.5 Å². The first-order valence-electron chi connectivity index (χ1n) is 9.01. The Bertz CT molecular complexity index is 725. The number of unbranched alkanes of at least 4 members (excludes halogenated alkanes) is 1. The first-order chi connectivity index (χ1) is 12.8. The molecule has 0 aliphatic heterocycles. The number of rotatable bonds is 8. The number of alkyl halides is 3. The lowest BCUT2D eigenvalue weighted by atomic mass is 10.1. The number of benzene rings is 2. The van der Waals surface area contributed by atoms with Crippen molar-refractivity contribution in [3.05, 3.63) is 65.2 Å². The van der Waals surface area contributed by atoms with Crippen LogP contribution in [0.5, 0.6) is 0 Å². The fraction of sp³-hybridized carbons (Fsp3) is 0.381. The Balaban J connectivity index is 1.82. The zero-order valence-corrected chi connectivity index (χ0v) is 15.6. The minimum absolute atomic E-state index is 0.151. The molecule has 0 fully saturated rings. The van der Waals surface area contributed by atoms with Crippen LogP contribution in [0, 0.1) is 0 Å². The summed E-state index contributed by atoms with van der Waals surface area (Å²) in [6, 6.07) is 12.8.